The van der Waals surface area contributed by atoms with Crippen LogP contribution in [-0.2, 0) is 11.8 Å². The number of benzene rings is 1. The minimum atomic E-state index is -0.212. The van der Waals surface area contributed by atoms with Gasteiger partial charge in [-0.15, -0.1) is 0 Å². The molecule has 0 unspecified atom stereocenters. The van der Waals surface area contributed by atoms with Crippen LogP contribution in [0.2, 0.25) is 5.02 Å². The van der Waals surface area contributed by atoms with Crippen molar-refractivity contribution < 1.29 is 9.53 Å². The number of ketones is 1. The van der Waals surface area contributed by atoms with Crippen LogP contribution in [0.3, 0.4) is 0 Å². The van der Waals surface area contributed by atoms with Gasteiger partial charge in [-0.25, -0.2) is 4.98 Å². The van der Waals surface area contributed by atoms with Gasteiger partial charge in [-0.3, -0.25) is 14.2 Å². The topological polar surface area (TPSA) is 64.4 Å². The van der Waals surface area contributed by atoms with E-state index in [0.29, 0.717) is 53.7 Å². The van der Waals surface area contributed by atoms with E-state index in [4.69, 9.17) is 16.3 Å². The number of rotatable bonds is 2. The smallest absolute Gasteiger partial charge is 0.262 e. The fourth-order valence-corrected chi connectivity index (χ4v) is 2.86. The van der Waals surface area contributed by atoms with Gasteiger partial charge in [0.25, 0.3) is 5.56 Å². The lowest BCUT2D eigenvalue weighted by molar-refractivity contribution is 0.101. The van der Waals surface area contributed by atoms with Crippen molar-refractivity contribution in [3.05, 3.63) is 33.1 Å². The van der Waals surface area contributed by atoms with Gasteiger partial charge in [0.2, 0.25) is 5.95 Å². The molecule has 1 aromatic carbocycles. The third-order valence-electron chi connectivity index (χ3n) is 3.79. The maximum atomic E-state index is 12.6. The molecule has 1 aliphatic heterocycles. The van der Waals surface area contributed by atoms with Crippen LogP contribution in [0.5, 0.6) is 0 Å². The van der Waals surface area contributed by atoms with Crippen molar-refractivity contribution in [1.82, 2.24) is 9.55 Å². The van der Waals surface area contributed by atoms with Gasteiger partial charge in [-0.05, 0) is 19.1 Å². The second-order valence-corrected chi connectivity index (χ2v) is 5.72. The van der Waals surface area contributed by atoms with Crippen molar-refractivity contribution in [2.75, 3.05) is 31.2 Å². The maximum absolute atomic E-state index is 12.6. The molecule has 6 nitrogen and oxygen atoms in total. The largest absolute Gasteiger partial charge is 0.378 e. The first kappa shape index (κ1) is 15.0. The van der Waals surface area contributed by atoms with E-state index in [9.17, 15) is 9.59 Å². The predicted octanol–water partition coefficient (Wildman–Crippen LogP) is 1.63. The summed E-state index contributed by atoms with van der Waals surface area (Å²) in [6.07, 6.45) is 0. The van der Waals surface area contributed by atoms with Gasteiger partial charge in [0.1, 0.15) is 0 Å². The summed E-state index contributed by atoms with van der Waals surface area (Å²) in [7, 11) is 1.67. The Morgan fingerprint density at radius 3 is 2.64 bits per heavy atom. The minimum absolute atomic E-state index is 0.166. The van der Waals surface area contributed by atoms with Gasteiger partial charge in [0.05, 0.1) is 24.1 Å². The molecule has 2 heterocycles. The molecule has 1 saturated heterocycles. The molecule has 0 spiro atoms. The molecule has 0 N–H and O–H groups in total. The van der Waals surface area contributed by atoms with Crippen molar-refractivity contribution in [3.63, 3.8) is 0 Å². The Morgan fingerprint density at radius 1 is 1.32 bits per heavy atom. The van der Waals surface area contributed by atoms with Crippen LogP contribution in [0.4, 0.5) is 5.95 Å². The summed E-state index contributed by atoms with van der Waals surface area (Å²) >= 11 is 6.03. The van der Waals surface area contributed by atoms with Crippen molar-refractivity contribution in [3.8, 4) is 0 Å². The number of aromatic nitrogens is 2. The first-order valence-corrected chi connectivity index (χ1v) is 7.40. The van der Waals surface area contributed by atoms with E-state index in [0.717, 1.165) is 0 Å². The lowest BCUT2D eigenvalue weighted by atomic mass is 10.1. The summed E-state index contributed by atoms with van der Waals surface area (Å²) < 4.78 is 6.82. The molecule has 3 rings (SSSR count). The number of fused-ring (bicyclic) bond motifs is 1. The molecular weight excluding hydrogens is 306 g/mol. The number of morpholine rings is 1. The average Bonchev–Trinajstić information content (AvgIpc) is 2.51. The second-order valence-electron chi connectivity index (χ2n) is 5.28. The molecule has 0 atom stereocenters. The summed E-state index contributed by atoms with van der Waals surface area (Å²) in [6, 6.07) is 3.11. The number of Topliss-reactive ketones (excluding diaryl/α,β-unsaturated/α-hetero) is 1. The zero-order valence-corrected chi connectivity index (χ0v) is 13.2. The van der Waals surface area contributed by atoms with E-state index in [2.05, 4.69) is 4.98 Å². The standard InChI is InChI=1S/C15H16ClN3O3/c1-9(20)11-7-10(16)8-12-13(11)17-15(18(2)14(12)21)19-3-5-22-6-4-19/h7-8H,3-6H2,1-2H3. The Morgan fingerprint density at radius 2 is 2.00 bits per heavy atom. The Kier molecular flexibility index (Phi) is 3.88. The van der Waals surface area contributed by atoms with Crippen molar-refractivity contribution >= 4 is 34.2 Å². The first-order chi connectivity index (χ1) is 10.5. The highest BCUT2D eigenvalue weighted by Gasteiger charge is 2.20. The zero-order valence-electron chi connectivity index (χ0n) is 12.4. The minimum Gasteiger partial charge on any atom is -0.378 e. The number of halogens is 1. The molecule has 0 bridgehead atoms. The highest BCUT2D eigenvalue weighted by atomic mass is 35.5. The summed E-state index contributed by atoms with van der Waals surface area (Å²) in [4.78, 5) is 31.0. The normalized spacial score (nSPS) is 15.3. The molecule has 0 aliphatic carbocycles. The van der Waals surface area contributed by atoms with Gasteiger partial charge >= 0.3 is 0 Å². The Hall–Kier alpha value is -1.92. The van der Waals surface area contributed by atoms with E-state index >= 15 is 0 Å². The number of hydrogen-bond acceptors (Lipinski definition) is 5. The molecule has 2 aromatic rings. The zero-order chi connectivity index (χ0) is 15.9. The van der Waals surface area contributed by atoms with E-state index in [1.165, 1.54) is 11.5 Å². The maximum Gasteiger partial charge on any atom is 0.262 e. The number of hydrogen-bond donors (Lipinski definition) is 0. The molecule has 22 heavy (non-hydrogen) atoms. The molecule has 0 radical (unpaired) electrons. The number of ether oxygens (including phenoxy) is 1. The fourth-order valence-electron chi connectivity index (χ4n) is 2.64. The molecule has 0 saturated carbocycles. The van der Waals surface area contributed by atoms with Crippen LogP contribution in [0.1, 0.15) is 17.3 Å². The van der Waals surface area contributed by atoms with E-state index in [-0.39, 0.29) is 11.3 Å². The molecule has 7 heteroatoms. The predicted molar refractivity (Wildman–Crippen MR) is 85.0 cm³/mol. The molecule has 1 fully saturated rings. The summed E-state index contributed by atoms with van der Waals surface area (Å²) in [6.45, 7) is 3.95. The van der Waals surface area contributed by atoms with Crippen LogP contribution >= 0.6 is 11.6 Å². The third-order valence-corrected chi connectivity index (χ3v) is 4.01. The first-order valence-electron chi connectivity index (χ1n) is 7.03. The molecular formula is C15H16ClN3O3. The Bertz CT molecular complexity index is 810. The number of carbonyl (C=O) groups is 1. The lowest BCUT2D eigenvalue weighted by Crippen LogP contribution is -2.40. The van der Waals surface area contributed by atoms with Crippen LogP contribution in [-0.4, -0.2) is 41.6 Å². The summed E-state index contributed by atoms with van der Waals surface area (Å²) in [5.74, 6) is 0.381. The molecule has 0 amide bonds. The van der Waals surface area contributed by atoms with E-state index in [1.54, 1.807) is 19.2 Å². The summed E-state index contributed by atoms with van der Waals surface area (Å²) in [5, 5.41) is 0.716. The van der Waals surface area contributed by atoms with E-state index < -0.39 is 0 Å². The van der Waals surface area contributed by atoms with Crippen LogP contribution < -0.4 is 10.5 Å². The van der Waals surface area contributed by atoms with Crippen molar-refractivity contribution in [2.45, 2.75) is 6.92 Å². The second kappa shape index (κ2) is 5.70. The average molecular weight is 322 g/mol. The Balaban J connectivity index is 2.29. The molecule has 116 valence electrons. The van der Waals surface area contributed by atoms with Crippen molar-refractivity contribution in [2.24, 2.45) is 7.05 Å². The summed E-state index contributed by atoms with van der Waals surface area (Å²) in [5.41, 5.74) is 0.563. The molecule has 1 aromatic heterocycles. The Labute approximate surface area is 132 Å². The number of anilines is 1. The lowest BCUT2D eigenvalue weighted by Gasteiger charge is -2.29. The SMILES string of the molecule is CC(=O)c1cc(Cl)cc2c(=O)n(C)c(N3CCOCC3)nc12. The quantitative estimate of drug-likeness (QED) is 0.787. The fraction of sp³-hybridized carbons (Fsp3) is 0.400. The van der Waals surface area contributed by atoms with Crippen LogP contribution in [0, 0.1) is 0 Å². The number of nitrogens with zero attached hydrogens (tertiary/aromatic N) is 3. The van der Waals surface area contributed by atoms with Gasteiger partial charge < -0.3 is 9.64 Å². The van der Waals surface area contributed by atoms with Gasteiger partial charge in [0, 0.05) is 30.7 Å². The van der Waals surface area contributed by atoms with Crippen molar-refractivity contribution in [1.29, 1.82) is 0 Å². The van der Waals surface area contributed by atoms with Crippen LogP contribution in [0.15, 0.2) is 16.9 Å². The highest BCUT2D eigenvalue weighted by Crippen LogP contribution is 2.23. The van der Waals surface area contributed by atoms with E-state index in [1.807, 2.05) is 4.90 Å². The van der Waals surface area contributed by atoms with Gasteiger partial charge in [0.15, 0.2) is 5.78 Å². The monoisotopic (exact) mass is 321 g/mol. The molecule has 1 aliphatic rings. The number of carbonyl (C=O) groups excluding carboxylic acids is 1. The van der Waals surface area contributed by atoms with Crippen LogP contribution in [0.25, 0.3) is 10.9 Å². The van der Waals surface area contributed by atoms with Gasteiger partial charge in [-0.2, -0.15) is 0 Å². The van der Waals surface area contributed by atoms with Gasteiger partial charge in [-0.1, -0.05) is 11.6 Å². The third kappa shape index (κ3) is 2.48. The highest BCUT2D eigenvalue weighted by molar-refractivity contribution is 6.32.